The number of ether oxygens (including phenoxy) is 2. The van der Waals surface area contributed by atoms with E-state index >= 15 is 0 Å². The summed E-state index contributed by atoms with van der Waals surface area (Å²) >= 11 is 0. The average Bonchev–Trinajstić information content (AvgIpc) is 3.32. The standard InChI is InChI=1S/C27H25N5O3/c1-17-23(26(33)29-20-12-8-5-9-13-20)24(19-14-15-21(34-2)22(16-19)35-3)32-27(28-17)30-25(31-32)18-10-6-4-7-11-18/h4-16,24H,1-3H3,(H,29,33)(H,28,30,31)/t24-/m1/s1. The molecule has 1 amide bonds. The van der Waals surface area contributed by atoms with Crippen molar-refractivity contribution in [2.75, 3.05) is 24.9 Å². The van der Waals surface area contributed by atoms with Gasteiger partial charge in [-0.05, 0) is 36.8 Å². The van der Waals surface area contributed by atoms with Crippen molar-refractivity contribution in [2.24, 2.45) is 0 Å². The zero-order valence-corrected chi connectivity index (χ0v) is 19.6. The molecule has 0 aliphatic carbocycles. The smallest absolute Gasteiger partial charge is 0.255 e. The van der Waals surface area contributed by atoms with Gasteiger partial charge in [-0.1, -0.05) is 54.6 Å². The number of hydrogen-bond donors (Lipinski definition) is 2. The van der Waals surface area contributed by atoms with Crippen LogP contribution < -0.4 is 20.1 Å². The Morgan fingerprint density at radius 3 is 2.31 bits per heavy atom. The van der Waals surface area contributed by atoms with E-state index in [2.05, 4.69) is 10.6 Å². The average molecular weight is 468 g/mol. The second kappa shape index (κ2) is 9.34. The monoisotopic (exact) mass is 467 g/mol. The molecule has 3 aromatic carbocycles. The third-order valence-corrected chi connectivity index (χ3v) is 5.88. The Kier molecular flexibility index (Phi) is 5.93. The quantitative estimate of drug-likeness (QED) is 0.420. The molecule has 1 aliphatic rings. The molecule has 0 bridgehead atoms. The molecule has 2 heterocycles. The molecule has 1 aliphatic heterocycles. The minimum atomic E-state index is -0.542. The zero-order chi connectivity index (χ0) is 24.4. The fourth-order valence-corrected chi connectivity index (χ4v) is 4.21. The fourth-order valence-electron chi connectivity index (χ4n) is 4.21. The predicted molar refractivity (Wildman–Crippen MR) is 135 cm³/mol. The van der Waals surface area contributed by atoms with E-state index in [-0.39, 0.29) is 5.91 Å². The maximum absolute atomic E-state index is 13.6. The topological polar surface area (TPSA) is 90.3 Å². The van der Waals surface area contributed by atoms with E-state index < -0.39 is 6.04 Å². The number of carbonyl (C=O) groups is 1. The molecule has 0 fully saturated rings. The van der Waals surface area contributed by atoms with Gasteiger partial charge in [-0.2, -0.15) is 4.98 Å². The Hall–Kier alpha value is -4.59. The number of anilines is 2. The van der Waals surface area contributed by atoms with Crippen LogP contribution in [0.4, 0.5) is 11.6 Å². The van der Waals surface area contributed by atoms with Crippen LogP contribution in [0, 0.1) is 0 Å². The van der Waals surface area contributed by atoms with Crippen LogP contribution in [-0.4, -0.2) is 34.9 Å². The van der Waals surface area contributed by atoms with Gasteiger partial charge in [0.15, 0.2) is 17.3 Å². The summed E-state index contributed by atoms with van der Waals surface area (Å²) in [5.74, 6) is 2.05. The molecule has 8 heteroatoms. The number of rotatable bonds is 6. The third kappa shape index (κ3) is 4.21. The molecule has 0 spiro atoms. The van der Waals surface area contributed by atoms with Crippen LogP contribution >= 0.6 is 0 Å². The summed E-state index contributed by atoms with van der Waals surface area (Å²) in [6, 6.07) is 24.2. The maximum atomic E-state index is 13.6. The summed E-state index contributed by atoms with van der Waals surface area (Å²) in [6.45, 7) is 1.87. The van der Waals surface area contributed by atoms with Crippen LogP contribution in [0.25, 0.3) is 11.4 Å². The highest BCUT2D eigenvalue weighted by Gasteiger charge is 2.35. The largest absolute Gasteiger partial charge is 0.493 e. The summed E-state index contributed by atoms with van der Waals surface area (Å²) in [4.78, 5) is 18.3. The molecule has 0 saturated carbocycles. The van der Waals surface area contributed by atoms with Crippen LogP contribution in [0.1, 0.15) is 18.5 Å². The Morgan fingerprint density at radius 2 is 1.63 bits per heavy atom. The van der Waals surface area contributed by atoms with E-state index in [0.29, 0.717) is 40.2 Å². The van der Waals surface area contributed by atoms with E-state index in [0.717, 1.165) is 11.1 Å². The van der Waals surface area contributed by atoms with Crippen LogP contribution in [0.2, 0.25) is 0 Å². The number of fused-ring (bicyclic) bond motifs is 1. The maximum Gasteiger partial charge on any atom is 0.255 e. The van der Waals surface area contributed by atoms with Crippen LogP contribution in [-0.2, 0) is 4.79 Å². The number of amides is 1. The molecule has 0 saturated heterocycles. The van der Waals surface area contributed by atoms with Crippen molar-refractivity contribution in [3.8, 4) is 22.9 Å². The molecule has 1 atom stereocenters. The molecule has 0 unspecified atom stereocenters. The van der Waals surface area contributed by atoms with Crippen LogP contribution in [0.5, 0.6) is 11.5 Å². The lowest BCUT2D eigenvalue weighted by atomic mass is 9.94. The first-order valence-electron chi connectivity index (χ1n) is 11.2. The first-order chi connectivity index (χ1) is 17.1. The van der Waals surface area contributed by atoms with Gasteiger partial charge in [-0.3, -0.25) is 4.79 Å². The van der Waals surface area contributed by atoms with E-state index in [9.17, 15) is 4.79 Å². The molecule has 35 heavy (non-hydrogen) atoms. The van der Waals surface area contributed by atoms with Gasteiger partial charge >= 0.3 is 0 Å². The minimum absolute atomic E-state index is 0.233. The summed E-state index contributed by atoms with van der Waals surface area (Å²) in [7, 11) is 3.18. The lowest BCUT2D eigenvalue weighted by molar-refractivity contribution is -0.113. The van der Waals surface area contributed by atoms with Crippen molar-refractivity contribution in [3.63, 3.8) is 0 Å². The Morgan fingerprint density at radius 1 is 0.943 bits per heavy atom. The number of para-hydroxylation sites is 1. The first kappa shape index (κ1) is 22.2. The number of aromatic nitrogens is 3. The highest BCUT2D eigenvalue weighted by atomic mass is 16.5. The Labute approximate surface area is 203 Å². The second-order valence-electron chi connectivity index (χ2n) is 8.07. The molecule has 8 nitrogen and oxygen atoms in total. The first-order valence-corrected chi connectivity index (χ1v) is 11.2. The number of nitrogens with zero attached hydrogens (tertiary/aromatic N) is 3. The second-order valence-corrected chi connectivity index (χ2v) is 8.07. The zero-order valence-electron chi connectivity index (χ0n) is 19.6. The van der Waals surface area contributed by atoms with Gasteiger partial charge in [0.2, 0.25) is 5.95 Å². The molecule has 0 radical (unpaired) electrons. The highest BCUT2D eigenvalue weighted by molar-refractivity contribution is 6.06. The van der Waals surface area contributed by atoms with Crippen molar-refractivity contribution < 1.29 is 14.3 Å². The number of nitrogens with one attached hydrogen (secondary N) is 2. The number of methoxy groups -OCH3 is 2. The number of carbonyl (C=O) groups excluding carboxylic acids is 1. The fraction of sp³-hybridized carbons (Fsp3) is 0.148. The molecule has 4 aromatic rings. The van der Waals surface area contributed by atoms with Gasteiger partial charge in [0.05, 0.1) is 19.8 Å². The van der Waals surface area contributed by atoms with Gasteiger partial charge < -0.3 is 20.1 Å². The predicted octanol–water partition coefficient (Wildman–Crippen LogP) is 4.89. The summed E-state index contributed by atoms with van der Waals surface area (Å²) in [6.07, 6.45) is 0. The molecule has 2 N–H and O–H groups in total. The van der Waals surface area contributed by atoms with Crippen molar-refractivity contribution in [1.29, 1.82) is 0 Å². The van der Waals surface area contributed by atoms with E-state index in [1.165, 1.54) is 0 Å². The molecule has 1 aromatic heterocycles. The summed E-state index contributed by atoms with van der Waals surface area (Å²) < 4.78 is 12.7. The lowest BCUT2D eigenvalue weighted by Crippen LogP contribution is -2.31. The van der Waals surface area contributed by atoms with E-state index in [4.69, 9.17) is 19.6 Å². The Bertz CT molecular complexity index is 1400. The van der Waals surface area contributed by atoms with Gasteiger partial charge in [-0.15, -0.1) is 5.10 Å². The molecule has 176 valence electrons. The van der Waals surface area contributed by atoms with E-state index in [1.807, 2.05) is 85.8 Å². The molecular formula is C27H25N5O3. The van der Waals surface area contributed by atoms with Gasteiger partial charge in [0.25, 0.3) is 5.91 Å². The van der Waals surface area contributed by atoms with Crippen LogP contribution in [0.15, 0.2) is 90.1 Å². The summed E-state index contributed by atoms with van der Waals surface area (Å²) in [5, 5.41) is 11.1. The van der Waals surface area contributed by atoms with Crippen LogP contribution in [0.3, 0.4) is 0 Å². The van der Waals surface area contributed by atoms with Crippen molar-refractivity contribution in [1.82, 2.24) is 14.8 Å². The molecule has 5 rings (SSSR count). The normalized spacial score (nSPS) is 14.7. The highest BCUT2D eigenvalue weighted by Crippen LogP contribution is 2.39. The van der Waals surface area contributed by atoms with Gasteiger partial charge in [0.1, 0.15) is 6.04 Å². The third-order valence-electron chi connectivity index (χ3n) is 5.88. The lowest BCUT2D eigenvalue weighted by Gasteiger charge is -2.29. The van der Waals surface area contributed by atoms with Gasteiger partial charge in [-0.25, -0.2) is 4.68 Å². The number of hydrogen-bond acceptors (Lipinski definition) is 6. The van der Waals surface area contributed by atoms with Crippen molar-refractivity contribution in [2.45, 2.75) is 13.0 Å². The number of benzene rings is 3. The minimum Gasteiger partial charge on any atom is -0.493 e. The van der Waals surface area contributed by atoms with Gasteiger partial charge in [0, 0.05) is 16.9 Å². The SMILES string of the molecule is COc1ccc([C@@H]2C(C(=O)Nc3ccccc3)=C(C)Nc3nc(-c4ccccc4)nn32)cc1OC. The Balaban J connectivity index is 1.63. The van der Waals surface area contributed by atoms with E-state index in [1.54, 1.807) is 18.9 Å². The van der Waals surface area contributed by atoms with Crippen molar-refractivity contribution >= 4 is 17.5 Å². The summed E-state index contributed by atoms with van der Waals surface area (Å²) in [5.41, 5.74) is 3.62. The van der Waals surface area contributed by atoms with Crippen molar-refractivity contribution in [3.05, 3.63) is 95.7 Å². The molecular weight excluding hydrogens is 442 g/mol. The number of allylic oxidation sites excluding steroid dienone is 1.